The molecule has 4 rings (SSSR count). The summed E-state index contributed by atoms with van der Waals surface area (Å²) in [5.74, 6) is -3.11. The Morgan fingerprint density at radius 3 is 2.63 bits per heavy atom. The van der Waals surface area contributed by atoms with Crippen LogP contribution in [-0.4, -0.2) is 27.9 Å². The number of hydrogen-bond donors (Lipinski definition) is 2. The molecule has 1 aromatic carbocycles. The Kier molecular flexibility index (Phi) is 5.63. The van der Waals surface area contributed by atoms with Crippen molar-refractivity contribution in [2.24, 2.45) is 0 Å². The molecular formula is C21H22F3N5O. The number of ether oxygens (including phenoxy) is 1. The fraction of sp³-hybridized carbons (Fsp3) is 0.333. The van der Waals surface area contributed by atoms with Gasteiger partial charge in [-0.05, 0) is 51.1 Å². The van der Waals surface area contributed by atoms with Crippen LogP contribution in [-0.2, 0) is 0 Å². The number of hydrogen-bond acceptors (Lipinski definition) is 5. The monoisotopic (exact) mass is 417 g/mol. The average Bonchev–Trinajstić information content (AvgIpc) is 3.24. The fourth-order valence-electron chi connectivity index (χ4n) is 3.63. The topological polar surface area (TPSA) is 78.0 Å². The molecule has 3 N–H and O–H groups in total. The highest BCUT2D eigenvalue weighted by atomic mass is 19.2. The maximum absolute atomic E-state index is 14.1. The number of anilines is 1. The zero-order valence-electron chi connectivity index (χ0n) is 16.4. The molecule has 0 spiro atoms. The first kappa shape index (κ1) is 20.2. The molecule has 0 aliphatic carbocycles. The van der Waals surface area contributed by atoms with E-state index in [1.54, 1.807) is 18.5 Å². The smallest absolute Gasteiger partial charge is 0.168 e. The number of nitrogens with one attached hydrogen (secondary N) is 1. The maximum atomic E-state index is 14.1. The highest BCUT2D eigenvalue weighted by Gasteiger charge is 2.22. The zero-order chi connectivity index (χ0) is 21.3. The van der Waals surface area contributed by atoms with E-state index in [1.165, 1.54) is 6.92 Å². The molecule has 6 nitrogen and oxygen atoms in total. The molecule has 2 aromatic heterocycles. The summed E-state index contributed by atoms with van der Waals surface area (Å²) in [6.07, 6.45) is 6.13. The molecule has 158 valence electrons. The van der Waals surface area contributed by atoms with Gasteiger partial charge in [0.15, 0.2) is 23.2 Å². The standard InChI is InChI=1S/C21H22F3N5O/c1-12(19-16(22)2-3-17(23)20(19)24)30-18-8-13(9-27-21(18)25)14-10-28-29(11-14)15-4-6-26-7-5-15/h2-3,8-12,15,26H,4-7H2,1H3,(H2,25,27)/t12-/m1/s1. The molecule has 1 aliphatic heterocycles. The van der Waals surface area contributed by atoms with E-state index in [1.807, 2.05) is 10.9 Å². The van der Waals surface area contributed by atoms with Crippen LogP contribution in [0.1, 0.15) is 37.5 Å². The molecule has 30 heavy (non-hydrogen) atoms. The lowest BCUT2D eigenvalue weighted by molar-refractivity contribution is 0.214. The van der Waals surface area contributed by atoms with Gasteiger partial charge in [0, 0.05) is 23.5 Å². The third-order valence-electron chi connectivity index (χ3n) is 5.29. The van der Waals surface area contributed by atoms with Gasteiger partial charge < -0.3 is 15.8 Å². The average molecular weight is 417 g/mol. The maximum Gasteiger partial charge on any atom is 0.168 e. The van der Waals surface area contributed by atoms with Gasteiger partial charge in [-0.2, -0.15) is 5.10 Å². The van der Waals surface area contributed by atoms with Crippen molar-refractivity contribution in [1.82, 2.24) is 20.1 Å². The summed E-state index contributed by atoms with van der Waals surface area (Å²) < 4.78 is 49.3. The first-order chi connectivity index (χ1) is 14.4. The van der Waals surface area contributed by atoms with Crippen LogP contribution < -0.4 is 15.8 Å². The first-order valence-electron chi connectivity index (χ1n) is 9.75. The highest BCUT2D eigenvalue weighted by molar-refractivity contribution is 5.65. The number of benzene rings is 1. The Bertz CT molecular complexity index is 1050. The first-order valence-corrected chi connectivity index (χ1v) is 9.75. The van der Waals surface area contributed by atoms with Crippen molar-refractivity contribution >= 4 is 5.82 Å². The van der Waals surface area contributed by atoms with E-state index in [0.29, 0.717) is 11.6 Å². The molecule has 0 bridgehead atoms. The Hall–Kier alpha value is -3.07. The normalized spacial score (nSPS) is 15.9. The van der Waals surface area contributed by atoms with E-state index in [-0.39, 0.29) is 11.6 Å². The molecule has 1 aliphatic rings. The minimum absolute atomic E-state index is 0.0635. The van der Waals surface area contributed by atoms with Crippen molar-refractivity contribution in [1.29, 1.82) is 0 Å². The van der Waals surface area contributed by atoms with E-state index in [4.69, 9.17) is 10.5 Å². The summed E-state index contributed by atoms with van der Waals surface area (Å²) in [5.41, 5.74) is 6.92. The van der Waals surface area contributed by atoms with Gasteiger partial charge in [-0.3, -0.25) is 4.68 Å². The largest absolute Gasteiger partial charge is 0.482 e. The molecule has 0 saturated carbocycles. The quantitative estimate of drug-likeness (QED) is 0.614. The summed E-state index contributed by atoms with van der Waals surface area (Å²) in [4.78, 5) is 4.13. The van der Waals surface area contributed by atoms with Gasteiger partial charge in [0.1, 0.15) is 11.9 Å². The second kappa shape index (κ2) is 8.35. The second-order valence-corrected chi connectivity index (χ2v) is 7.31. The van der Waals surface area contributed by atoms with Crippen LogP contribution in [0.3, 0.4) is 0 Å². The number of piperidine rings is 1. The molecule has 0 amide bonds. The molecule has 1 fully saturated rings. The zero-order valence-corrected chi connectivity index (χ0v) is 16.4. The minimum atomic E-state index is -1.28. The van der Waals surface area contributed by atoms with E-state index in [0.717, 1.165) is 43.6 Å². The van der Waals surface area contributed by atoms with Crippen molar-refractivity contribution in [3.05, 3.63) is 59.8 Å². The van der Waals surface area contributed by atoms with Crippen LogP contribution in [0.4, 0.5) is 19.0 Å². The van der Waals surface area contributed by atoms with Crippen LogP contribution in [0, 0.1) is 17.5 Å². The van der Waals surface area contributed by atoms with Gasteiger partial charge in [-0.25, -0.2) is 18.2 Å². The number of pyridine rings is 1. The molecule has 0 unspecified atom stereocenters. The highest BCUT2D eigenvalue weighted by Crippen LogP contribution is 2.33. The minimum Gasteiger partial charge on any atom is -0.482 e. The Morgan fingerprint density at radius 2 is 1.87 bits per heavy atom. The number of nitrogens with two attached hydrogens (primary N) is 1. The van der Waals surface area contributed by atoms with Crippen LogP contribution in [0.15, 0.2) is 36.8 Å². The summed E-state index contributed by atoms with van der Waals surface area (Å²) in [6.45, 7) is 3.32. The predicted octanol–water partition coefficient (Wildman–Crippen LogP) is 4.01. The number of rotatable bonds is 5. The van der Waals surface area contributed by atoms with Crippen molar-refractivity contribution in [3.63, 3.8) is 0 Å². The van der Waals surface area contributed by atoms with E-state index in [9.17, 15) is 13.2 Å². The Balaban J connectivity index is 1.58. The van der Waals surface area contributed by atoms with Gasteiger partial charge >= 0.3 is 0 Å². The summed E-state index contributed by atoms with van der Waals surface area (Å²) in [5, 5.41) is 7.78. The molecular weight excluding hydrogens is 395 g/mol. The van der Waals surface area contributed by atoms with E-state index in [2.05, 4.69) is 15.4 Å². The summed E-state index contributed by atoms with van der Waals surface area (Å²) >= 11 is 0. The van der Waals surface area contributed by atoms with Crippen molar-refractivity contribution < 1.29 is 17.9 Å². The van der Waals surface area contributed by atoms with Crippen molar-refractivity contribution in [3.8, 4) is 16.9 Å². The molecule has 1 saturated heterocycles. The fourth-order valence-corrected chi connectivity index (χ4v) is 3.63. The van der Waals surface area contributed by atoms with Crippen LogP contribution >= 0.6 is 0 Å². The van der Waals surface area contributed by atoms with Crippen molar-refractivity contribution in [2.45, 2.75) is 31.9 Å². The van der Waals surface area contributed by atoms with E-state index < -0.39 is 29.1 Å². The van der Waals surface area contributed by atoms with Gasteiger partial charge in [-0.1, -0.05) is 0 Å². The Labute approximate surface area is 171 Å². The Morgan fingerprint density at radius 1 is 1.13 bits per heavy atom. The van der Waals surface area contributed by atoms with Gasteiger partial charge in [0.2, 0.25) is 0 Å². The van der Waals surface area contributed by atoms with Gasteiger partial charge in [0.25, 0.3) is 0 Å². The van der Waals surface area contributed by atoms with Crippen LogP contribution in [0.5, 0.6) is 5.75 Å². The van der Waals surface area contributed by atoms with Gasteiger partial charge in [0.05, 0.1) is 17.8 Å². The molecule has 1 atom stereocenters. The van der Waals surface area contributed by atoms with E-state index >= 15 is 0 Å². The number of halogens is 3. The lowest BCUT2D eigenvalue weighted by atomic mass is 10.1. The lowest BCUT2D eigenvalue weighted by Gasteiger charge is -2.22. The second-order valence-electron chi connectivity index (χ2n) is 7.31. The third-order valence-corrected chi connectivity index (χ3v) is 5.29. The number of nitrogens with zero attached hydrogens (tertiary/aromatic N) is 3. The summed E-state index contributed by atoms with van der Waals surface area (Å²) in [7, 11) is 0. The molecule has 3 aromatic rings. The molecule has 3 heterocycles. The number of aromatic nitrogens is 3. The molecule has 0 radical (unpaired) electrons. The third kappa shape index (κ3) is 3.97. The van der Waals surface area contributed by atoms with Crippen molar-refractivity contribution in [2.75, 3.05) is 18.8 Å². The lowest BCUT2D eigenvalue weighted by Crippen LogP contribution is -2.29. The van der Waals surface area contributed by atoms with Crippen LogP contribution in [0.25, 0.3) is 11.1 Å². The van der Waals surface area contributed by atoms with Crippen LogP contribution in [0.2, 0.25) is 0 Å². The number of nitrogen functional groups attached to an aromatic ring is 1. The SMILES string of the molecule is C[C@@H](Oc1cc(-c2cnn(C3CCNCC3)c2)cnc1N)c1c(F)ccc(F)c1F. The molecule has 9 heteroatoms. The van der Waals surface area contributed by atoms with Gasteiger partial charge in [-0.15, -0.1) is 0 Å². The predicted molar refractivity (Wildman–Crippen MR) is 106 cm³/mol. The summed E-state index contributed by atoms with van der Waals surface area (Å²) in [6, 6.07) is 3.56.